The Labute approximate surface area is 161 Å². The molecule has 1 unspecified atom stereocenters. The molecule has 3 heterocycles. The van der Waals surface area contributed by atoms with Gasteiger partial charge in [-0.1, -0.05) is 6.58 Å². The summed E-state index contributed by atoms with van der Waals surface area (Å²) in [7, 11) is 0. The van der Waals surface area contributed by atoms with Crippen LogP contribution in [0.25, 0.3) is 0 Å². The molecular weight excluding hydrogens is 340 g/mol. The summed E-state index contributed by atoms with van der Waals surface area (Å²) < 4.78 is 11.4. The predicted octanol–water partition coefficient (Wildman–Crippen LogP) is 3.91. The highest BCUT2D eigenvalue weighted by molar-refractivity contribution is 5.77. The van der Waals surface area contributed by atoms with Crippen LogP contribution >= 0.6 is 0 Å². The standard InChI is InChI=1S/C22H30N2O3/c1-14(23-20-6-7-21-22(16(20)3)27-9-8-26-21)10-17-11-18-4-5-19(12-17)24(18)13-15(2)25/h6-7,17-19,23H,1,4-5,8-13H2,2-3H3/t17?,18-,19+. The van der Waals surface area contributed by atoms with Gasteiger partial charge in [0.25, 0.3) is 0 Å². The molecule has 0 radical (unpaired) electrons. The molecule has 2 saturated heterocycles. The number of nitrogens with one attached hydrogen (secondary N) is 1. The molecule has 3 atom stereocenters. The molecule has 0 aromatic heterocycles. The average molecular weight is 370 g/mol. The molecule has 2 fully saturated rings. The number of rotatable bonds is 6. The lowest BCUT2D eigenvalue weighted by Gasteiger charge is -2.38. The Morgan fingerprint density at radius 3 is 2.63 bits per heavy atom. The van der Waals surface area contributed by atoms with E-state index in [9.17, 15) is 4.79 Å². The SMILES string of the molecule is C=C(CC1C[C@H]2CC[C@@H](C1)N2CC(C)=O)Nc1ccc2c(c1C)OCCO2. The number of fused-ring (bicyclic) bond motifs is 3. The van der Waals surface area contributed by atoms with Crippen LogP contribution in [0.1, 0.15) is 44.6 Å². The lowest BCUT2D eigenvalue weighted by Crippen LogP contribution is -2.45. The van der Waals surface area contributed by atoms with E-state index in [2.05, 4.69) is 23.7 Å². The van der Waals surface area contributed by atoms with Crippen molar-refractivity contribution < 1.29 is 14.3 Å². The zero-order chi connectivity index (χ0) is 19.0. The number of allylic oxidation sites excluding steroid dienone is 1. The van der Waals surface area contributed by atoms with Crippen LogP contribution in [0.4, 0.5) is 5.69 Å². The largest absolute Gasteiger partial charge is 0.486 e. The van der Waals surface area contributed by atoms with Crippen molar-refractivity contribution in [2.75, 3.05) is 25.1 Å². The highest BCUT2D eigenvalue weighted by Gasteiger charge is 2.40. The van der Waals surface area contributed by atoms with Gasteiger partial charge in [0.15, 0.2) is 11.5 Å². The number of hydrogen-bond donors (Lipinski definition) is 1. The first-order valence-electron chi connectivity index (χ1n) is 10.1. The zero-order valence-corrected chi connectivity index (χ0v) is 16.4. The van der Waals surface area contributed by atoms with Gasteiger partial charge in [0, 0.05) is 29.0 Å². The first-order chi connectivity index (χ1) is 13.0. The van der Waals surface area contributed by atoms with Gasteiger partial charge in [0.05, 0.1) is 6.54 Å². The zero-order valence-electron chi connectivity index (χ0n) is 16.4. The third-order valence-corrected chi connectivity index (χ3v) is 6.19. The molecule has 3 aliphatic rings. The summed E-state index contributed by atoms with van der Waals surface area (Å²) in [6.45, 7) is 9.87. The topological polar surface area (TPSA) is 50.8 Å². The Bertz CT molecular complexity index is 731. The Hall–Kier alpha value is -2.01. The Balaban J connectivity index is 1.36. The summed E-state index contributed by atoms with van der Waals surface area (Å²) in [4.78, 5) is 14.0. The van der Waals surface area contributed by atoms with Gasteiger partial charge >= 0.3 is 0 Å². The molecule has 0 saturated carbocycles. The van der Waals surface area contributed by atoms with Gasteiger partial charge < -0.3 is 14.8 Å². The van der Waals surface area contributed by atoms with Gasteiger partial charge in [-0.25, -0.2) is 0 Å². The van der Waals surface area contributed by atoms with Crippen LogP contribution in [0.3, 0.4) is 0 Å². The van der Waals surface area contributed by atoms with E-state index in [1.54, 1.807) is 6.92 Å². The molecule has 2 bridgehead atoms. The average Bonchev–Trinajstić information content (AvgIpc) is 2.86. The van der Waals surface area contributed by atoms with Gasteiger partial charge in [-0.15, -0.1) is 0 Å². The van der Waals surface area contributed by atoms with Crippen LogP contribution in [0.15, 0.2) is 24.4 Å². The molecule has 146 valence electrons. The summed E-state index contributed by atoms with van der Waals surface area (Å²) in [6, 6.07) is 5.16. The second-order valence-corrected chi connectivity index (χ2v) is 8.29. The van der Waals surface area contributed by atoms with E-state index in [1.165, 1.54) is 25.7 Å². The second-order valence-electron chi connectivity index (χ2n) is 8.29. The molecule has 1 aromatic rings. The van der Waals surface area contributed by atoms with Crippen molar-refractivity contribution in [2.45, 2.75) is 58.0 Å². The molecule has 4 rings (SSSR count). The monoisotopic (exact) mass is 370 g/mol. The minimum atomic E-state index is 0.283. The molecule has 1 N–H and O–H groups in total. The van der Waals surface area contributed by atoms with Crippen molar-refractivity contribution in [3.8, 4) is 11.5 Å². The fraction of sp³-hybridized carbons (Fsp3) is 0.591. The Morgan fingerprint density at radius 2 is 1.93 bits per heavy atom. The smallest absolute Gasteiger partial charge is 0.166 e. The summed E-state index contributed by atoms with van der Waals surface area (Å²) in [5, 5.41) is 3.50. The van der Waals surface area contributed by atoms with E-state index >= 15 is 0 Å². The molecule has 0 aliphatic carbocycles. The van der Waals surface area contributed by atoms with Crippen LogP contribution in [0.5, 0.6) is 11.5 Å². The van der Waals surface area contributed by atoms with E-state index in [0.29, 0.717) is 37.8 Å². The lowest BCUT2D eigenvalue weighted by molar-refractivity contribution is -0.119. The Morgan fingerprint density at radius 1 is 1.22 bits per heavy atom. The maximum absolute atomic E-state index is 11.5. The van der Waals surface area contributed by atoms with E-state index in [0.717, 1.165) is 34.9 Å². The van der Waals surface area contributed by atoms with E-state index < -0.39 is 0 Å². The summed E-state index contributed by atoms with van der Waals surface area (Å²) >= 11 is 0. The highest BCUT2D eigenvalue weighted by atomic mass is 16.6. The van der Waals surface area contributed by atoms with Gasteiger partial charge in [0.1, 0.15) is 19.0 Å². The Kier molecular flexibility index (Phi) is 5.13. The normalized spacial score (nSPS) is 26.7. The number of piperidine rings is 1. The first-order valence-corrected chi connectivity index (χ1v) is 10.1. The van der Waals surface area contributed by atoms with Gasteiger partial charge in [-0.2, -0.15) is 0 Å². The molecule has 27 heavy (non-hydrogen) atoms. The fourth-order valence-corrected chi connectivity index (χ4v) is 5.05. The molecule has 0 amide bonds. The van der Waals surface area contributed by atoms with Crippen molar-refractivity contribution in [2.24, 2.45) is 5.92 Å². The number of nitrogens with zero attached hydrogens (tertiary/aromatic N) is 1. The van der Waals surface area contributed by atoms with Crippen molar-refractivity contribution in [3.05, 3.63) is 30.0 Å². The molecule has 5 heteroatoms. The number of ether oxygens (including phenoxy) is 2. The van der Waals surface area contributed by atoms with Gasteiger partial charge in [-0.3, -0.25) is 9.69 Å². The third kappa shape index (κ3) is 3.84. The third-order valence-electron chi connectivity index (χ3n) is 6.19. The summed E-state index contributed by atoms with van der Waals surface area (Å²) in [5.74, 6) is 2.59. The maximum atomic E-state index is 11.5. The molecule has 1 aromatic carbocycles. The summed E-state index contributed by atoms with van der Waals surface area (Å²) in [6.07, 6.45) is 5.79. The molecule has 0 spiro atoms. The first kappa shape index (κ1) is 18.4. The lowest BCUT2D eigenvalue weighted by atomic mass is 9.87. The fourth-order valence-electron chi connectivity index (χ4n) is 5.05. The van der Waals surface area contributed by atoms with Crippen LogP contribution in [-0.4, -0.2) is 42.5 Å². The van der Waals surface area contributed by atoms with Crippen molar-refractivity contribution in [1.29, 1.82) is 0 Å². The van der Waals surface area contributed by atoms with Gasteiger partial charge in [-0.05, 0) is 64.0 Å². The number of carbonyl (C=O) groups excluding carboxylic acids is 1. The number of Topliss-reactive ketones (excluding diaryl/α,β-unsaturated/α-hetero) is 1. The van der Waals surface area contributed by atoms with Crippen LogP contribution < -0.4 is 14.8 Å². The van der Waals surface area contributed by atoms with Crippen LogP contribution in [0, 0.1) is 12.8 Å². The number of benzene rings is 1. The quantitative estimate of drug-likeness (QED) is 0.823. The number of ketones is 1. The maximum Gasteiger partial charge on any atom is 0.166 e. The molecular formula is C22H30N2O3. The molecule has 3 aliphatic heterocycles. The van der Waals surface area contributed by atoms with E-state index in [4.69, 9.17) is 9.47 Å². The molecule has 5 nitrogen and oxygen atoms in total. The van der Waals surface area contributed by atoms with E-state index in [-0.39, 0.29) is 5.78 Å². The van der Waals surface area contributed by atoms with E-state index in [1.807, 2.05) is 12.1 Å². The number of hydrogen-bond acceptors (Lipinski definition) is 5. The minimum Gasteiger partial charge on any atom is -0.486 e. The number of carbonyl (C=O) groups is 1. The van der Waals surface area contributed by atoms with Gasteiger partial charge in [0.2, 0.25) is 0 Å². The number of anilines is 1. The second kappa shape index (κ2) is 7.55. The summed E-state index contributed by atoms with van der Waals surface area (Å²) in [5.41, 5.74) is 3.17. The van der Waals surface area contributed by atoms with Crippen molar-refractivity contribution in [1.82, 2.24) is 4.90 Å². The predicted molar refractivity (Wildman–Crippen MR) is 106 cm³/mol. The van der Waals surface area contributed by atoms with Crippen LogP contribution in [-0.2, 0) is 4.79 Å². The van der Waals surface area contributed by atoms with Crippen LogP contribution in [0.2, 0.25) is 0 Å². The van der Waals surface area contributed by atoms with Crippen molar-refractivity contribution >= 4 is 11.5 Å². The highest BCUT2D eigenvalue weighted by Crippen LogP contribution is 2.41. The van der Waals surface area contributed by atoms with Crippen molar-refractivity contribution in [3.63, 3.8) is 0 Å². The minimum absolute atomic E-state index is 0.283.